The number of halogens is 1. The number of Topliss-reactive ketones (excluding diaryl/α,β-unsaturated/α-hetero) is 1. The van der Waals surface area contributed by atoms with Crippen LogP contribution in [0.1, 0.15) is 138 Å². The molecule has 2 N–H and O–H groups in total. The second kappa shape index (κ2) is 15.0. The second-order valence-electron chi connectivity index (χ2n) is 22.5. The fourth-order valence-corrected chi connectivity index (χ4v) is 15.1. The number of ketones is 1. The highest BCUT2D eigenvalue weighted by molar-refractivity contribution is 6.30. The van der Waals surface area contributed by atoms with Crippen molar-refractivity contribution in [3.05, 3.63) is 46.0 Å². The van der Waals surface area contributed by atoms with Crippen molar-refractivity contribution in [1.82, 2.24) is 9.80 Å². The van der Waals surface area contributed by atoms with Crippen LogP contribution in [0.2, 0.25) is 5.02 Å². The maximum absolute atomic E-state index is 14.3. The maximum atomic E-state index is 14.3. The molecule has 322 valence electrons. The van der Waals surface area contributed by atoms with Crippen molar-refractivity contribution < 1.29 is 29.3 Å². The molecule has 10 atom stereocenters. The number of hydrogen-bond donors (Lipinski definition) is 2. The molecule has 0 saturated heterocycles. The zero-order valence-electron chi connectivity index (χ0n) is 37.3. The predicted octanol–water partition coefficient (Wildman–Crippen LogP) is 9.60. The molecule has 1 unspecified atom stereocenters. The normalized spacial score (nSPS) is 38.5. The number of nitrogens with zero attached hydrogens (tertiary/aromatic N) is 2. The van der Waals surface area contributed by atoms with E-state index in [9.17, 15) is 24.6 Å². The number of carbonyl (C=O) groups excluding carboxylic acids is 2. The van der Waals surface area contributed by atoms with E-state index in [0.29, 0.717) is 30.5 Å². The fraction of sp³-hybridized carbons (Fsp3) is 0.776. The Morgan fingerprint density at radius 1 is 0.897 bits per heavy atom. The first-order valence-electron chi connectivity index (χ1n) is 22.5. The lowest BCUT2D eigenvalue weighted by Crippen LogP contribution is -2.65. The molecular formula is C49H73ClN2O6. The molecular weight excluding hydrogens is 748 g/mol. The van der Waals surface area contributed by atoms with E-state index in [1.165, 1.54) is 11.1 Å². The number of esters is 1. The molecule has 6 aliphatic carbocycles. The number of rotatable bonds is 14. The Morgan fingerprint density at radius 3 is 2.21 bits per heavy atom. The summed E-state index contributed by atoms with van der Waals surface area (Å²) in [6.07, 6.45) is 8.85. The molecule has 1 aromatic carbocycles. The number of fused-ring (bicyclic) bond motifs is 6. The van der Waals surface area contributed by atoms with Crippen LogP contribution in [0.3, 0.4) is 0 Å². The van der Waals surface area contributed by atoms with E-state index in [1.807, 2.05) is 26.0 Å². The summed E-state index contributed by atoms with van der Waals surface area (Å²) in [7, 11) is 4.18. The standard InChI is InChI=1S/C49H73ClN2O6/c1-31(2)41-35(53)25-48(37(54)29-52(24-23-51(9)10)28-32-11-13-33(50)14-12-32)21-19-44(5)34(42(41)48)15-16-36-45(44,6)20-22-49-30-47(49,8)38(17-18-46(36,49)7)58-40(57)27-43(3,4)26-39(55)56/h11-14,31,34,36-38,54H,15-30H2,1-10H3,(H,55,56)/t34-,36+,37-,38+,44-,45-,46-,47?,48+,49+/m1/s1. The summed E-state index contributed by atoms with van der Waals surface area (Å²) in [5, 5.41) is 22.8. The summed E-state index contributed by atoms with van der Waals surface area (Å²) < 4.78 is 6.33. The average Bonchev–Trinajstić information content (AvgIpc) is 3.64. The van der Waals surface area contributed by atoms with E-state index in [4.69, 9.17) is 16.3 Å². The van der Waals surface area contributed by atoms with E-state index in [2.05, 4.69) is 77.6 Å². The highest BCUT2D eigenvalue weighted by atomic mass is 35.5. The number of likely N-dealkylation sites (N-methyl/N-ethyl adjacent to an activating group) is 1. The Labute approximate surface area is 353 Å². The summed E-state index contributed by atoms with van der Waals surface area (Å²) in [5.41, 5.74) is 2.50. The number of aliphatic hydroxyl groups is 1. The number of aliphatic hydroxyl groups excluding tert-OH is 1. The first-order chi connectivity index (χ1) is 27.0. The molecule has 1 spiro atoms. The largest absolute Gasteiger partial charge is 0.481 e. The summed E-state index contributed by atoms with van der Waals surface area (Å²) in [5.74, 6) is -0.0351. The van der Waals surface area contributed by atoms with Crippen LogP contribution in [0.15, 0.2) is 35.4 Å². The topological polar surface area (TPSA) is 107 Å². The lowest BCUT2D eigenvalue weighted by molar-refractivity contribution is -0.220. The van der Waals surface area contributed by atoms with Crippen LogP contribution < -0.4 is 0 Å². The van der Waals surface area contributed by atoms with Crippen molar-refractivity contribution in [2.75, 3.05) is 33.7 Å². The SMILES string of the molecule is CC(C)C1=C2[C@H]3CC[C@@H]4[C@@]5(C)CC[C@H](OC(=O)CC(C)(C)CC(=O)O)C6(C)C[C@]65CC[C@@]4(C)[C@]3(C)CC[C@@]2([C@H](O)CN(CCN(C)C)Cc2ccc(Cl)cc2)CC1=O. The van der Waals surface area contributed by atoms with E-state index >= 15 is 0 Å². The minimum Gasteiger partial charge on any atom is -0.481 e. The minimum atomic E-state index is -0.892. The summed E-state index contributed by atoms with van der Waals surface area (Å²) in [4.78, 5) is 43.7. The summed E-state index contributed by atoms with van der Waals surface area (Å²) >= 11 is 6.25. The van der Waals surface area contributed by atoms with Gasteiger partial charge in [0.15, 0.2) is 5.78 Å². The van der Waals surface area contributed by atoms with Gasteiger partial charge < -0.3 is 19.8 Å². The lowest BCUT2D eigenvalue weighted by atomic mass is 9.33. The van der Waals surface area contributed by atoms with E-state index in [-0.39, 0.29) is 69.6 Å². The third kappa shape index (κ3) is 6.85. The minimum absolute atomic E-state index is 0.0118. The van der Waals surface area contributed by atoms with Gasteiger partial charge in [0, 0.05) is 48.5 Å². The Kier molecular flexibility index (Phi) is 11.3. The van der Waals surface area contributed by atoms with Gasteiger partial charge in [0.1, 0.15) is 6.10 Å². The van der Waals surface area contributed by atoms with Gasteiger partial charge in [-0.1, -0.05) is 84.7 Å². The van der Waals surface area contributed by atoms with Crippen LogP contribution in [0.5, 0.6) is 0 Å². The van der Waals surface area contributed by atoms with Crippen LogP contribution in [0.4, 0.5) is 0 Å². The third-order valence-electron chi connectivity index (χ3n) is 18.2. The number of carboxylic acids is 1. The molecule has 0 amide bonds. The van der Waals surface area contributed by atoms with Gasteiger partial charge in [0.2, 0.25) is 0 Å². The van der Waals surface area contributed by atoms with Gasteiger partial charge in [-0.25, -0.2) is 0 Å². The average molecular weight is 822 g/mol. The van der Waals surface area contributed by atoms with Gasteiger partial charge in [-0.3, -0.25) is 19.3 Å². The maximum Gasteiger partial charge on any atom is 0.306 e. The van der Waals surface area contributed by atoms with Gasteiger partial charge in [-0.05, 0) is 140 Å². The van der Waals surface area contributed by atoms with Crippen LogP contribution in [0, 0.1) is 55.7 Å². The lowest BCUT2D eigenvalue weighted by Gasteiger charge is -2.71. The number of allylic oxidation sites excluding steroid dienone is 1. The van der Waals surface area contributed by atoms with Crippen molar-refractivity contribution in [3.63, 3.8) is 0 Å². The van der Waals surface area contributed by atoms with Crippen molar-refractivity contribution in [2.24, 2.45) is 55.7 Å². The molecule has 0 aromatic heterocycles. The Morgan fingerprint density at radius 2 is 1.57 bits per heavy atom. The molecule has 5 fully saturated rings. The Balaban J connectivity index is 1.15. The zero-order valence-corrected chi connectivity index (χ0v) is 38.1. The number of hydrogen-bond acceptors (Lipinski definition) is 7. The summed E-state index contributed by atoms with van der Waals surface area (Å²) in [6, 6.07) is 8.02. The first-order valence-corrected chi connectivity index (χ1v) is 22.8. The molecule has 0 heterocycles. The molecule has 8 nitrogen and oxygen atoms in total. The highest BCUT2D eigenvalue weighted by Crippen LogP contribution is 2.87. The molecule has 58 heavy (non-hydrogen) atoms. The molecule has 6 aliphatic rings. The molecule has 1 aromatic rings. The smallest absolute Gasteiger partial charge is 0.306 e. The van der Waals surface area contributed by atoms with Gasteiger partial charge in [0.05, 0.1) is 18.9 Å². The number of carbonyl (C=O) groups is 3. The van der Waals surface area contributed by atoms with Crippen molar-refractivity contribution in [1.29, 1.82) is 0 Å². The van der Waals surface area contributed by atoms with Gasteiger partial charge in [-0.15, -0.1) is 0 Å². The van der Waals surface area contributed by atoms with Crippen molar-refractivity contribution >= 4 is 29.3 Å². The first kappa shape index (κ1) is 43.8. The number of aliphatic carboxylic acids is 1. The van der Waals surface area contributed by atoms with Crippen LogP contribution >= 0.6 is 11.6 Å². The van der Waals surface area contributed by atoms with Crippen molar-refractivity contribution in [2.45, 2.75) is 151 Å². The van der Waals surface area contributed by atoms with Crippen LogP contribution in [-0.4, -0.2) is 83.7 Å². The molecule has 0 aliphatic heterocycles. The van der Waals surface area contributed by atoms with Gasteiger partial charge in [0.25, 0.3) is 0 Å². The number of ether oxygens (including phenoxy) is 1. The fourth-order valence-electron chi connectivity index (χ4n) is 15.0. The van der Waals surface area contributed by atoms with Gasteiger partial charge >= 0.3 is 11.9 Å². The van der Waals surface area contributed by atoms with Crippen LogP contribution in [-0.2, 0) is 25.7 Å². The number of carboxylic acid groups (broad SMARTS) is 1. The second-order valence-corrected chi connectivity index (χ2v) is 22.9. The monoisotopic (exact) mass is 821 g/mol. The third-order valence-corrected chi connectivity index (χ3v) is 18.4. The Hall–Kier alpha value is -2.26. The van der Waals surface area contributed by atoms with E-state index in [0.717, 1.165) is 76.5 Å². The van der Waals surface area contributed by atoms with E-state index < -0.39 is 22.9 Å². The molecule has 9 heteroatoms. The predicted molar refractivity (Wildman–Crippen MR) is 229 cm³/mol. The molecule has 5 saturated carbocycles. The van der Waals surface area contributed by atoms with Crippen molar-refractivity contribution in [3.8, 4) is 0 Å². The molecule has 0 bridgehead atoms. The van der Waals surface area contributed by atoms with E-state index in [1.54, 1.807) is 0 Å². The molecule has 7 rings (SSSR count). The Bertz CT molecular complexity index is 1820. The van der Waals surface area contributed by atoms with Crippen LogP contribution in [0.25, 0.3) is 0 Å². The quantitative estimate of drug-likeness (QED) is 0.179. The van der Waals surface area contributed by atoms with Gasteiger partial charge in [-0.2, -0.15) is 0 Å². The molecule has 0 radical (unpaired) electrons. The zero-order chi connectivity index (χ0) is 42.4. The number of benzene rings is 1. The summed E-state index contributed by atoms with van der Waals surface area (Å²) in [6.45, 7) is 21.1. The highest BCUT2D eigenvalue weighted by Gasteiger charge is 2.82.